The van der Waals surface area contributed by atoms with Gasteiger partial charge in [-0.2, -0.15) is 0 Å². The normalized spacial score (nSPS) is 12.4. The van der Waals surface area contributed by atoms with Crippen LogP contribution in [-0.4, -0.2) is 18.6 Å². The van der Waals surface area contributed by atoms with Crippen LogP contribution in [0.1, 0.15) is 32.3 Å². The Bertz CT molecular complexity index is 644. The molecule has 4 nitrogen and oxygen atoms in total. The van der Waals surface area contributed by atoms with Gasteiger partial charge >= 0.3 is 0 Å². The Morgan fingerprint density at radius 1 is 1.08 bits per heavy atom. The van der Waals surface area contributed by atoms with E-state index in [0.29, 0.717) is 18.4 Å². The molecule has 0 amide bonds. The average molecular weight is 439 g/mol. The molecule has 3 N–H and O–H groups in total. The summed E-state index contributed by atoms with van der Waals surface area (Å²) in [5, 5.41) is 3.13. The maximum atomic E-state index is 5.96. The highest BCUT2D eigenvalue weighted by molar-refractivity contribution is 14.0. The van der Waals surface area contributed by atoms with Gasteiger partial charge in [-0.25, -0.2) is 4.99 Å². The maximum absolute atomic E-state index is 5.96. The third kappa shape index (κ3) is 6.78. The van der Waals surface area contributed by atoms with Crippen molar-refractivity contribution in [3.8, 4) is 5.75 Å². The number of benzene rings is 2. The van der Waals surface area contributed by atoms with Crippen molar-refractivity contribution < 1.29 is 4.74 Å². The summed E-state index contributed by atoms with van der Waals surface area (Å²) in [6, 6.07) is 17.9. The van der Waals surface area contributed by atoms with Gasteiger partial charge in [0.25, 0.3) is 0 Å². The molecule has 1 unspecified atom stereocenters. The van der Waals surface area contributed by atoms with E-state index in [1.807, 2.05) is 49.4 Å². The van der Waals surface area contributed by atoms with E-state index in [-0.39, 0.29) is 30.1 Å². The summed E-state index contributed by atoms with van der Waals surface area (Å²) >= 11 is 0. The van der Waals surface area contributed by atoms with Gasteiger partial charge in [-0.05, 0) is 42.7 Å². The van der Waals surface area contributed by atoms with Gasteiger partial charge in [0.2, 0.25) is 0 Å². The summed E-state index contributed by atoms with van der Waals surface area (Å²) in [5.41, 5.74) is 8.18. The van der Waals surface area contributed by atoms with E-state index in [2.05, 4.69) is 36.3 Å². The Hall–Kier alpha value is -1.76. The molecular weight excluding hydrogens is 413 g/mol. The Kier molecular flexibility index (Phi) is 8.60. The first kappa shape index (κ1) is 20.3. The summed E-state index contributed by atoms with van der Waals surface area (Å²) in [6.45, 7) is 6.80. The zero-order chi connectivity index (χ0) is 16.7. The first-order valence-corrected chi connectivity index (χ1v) is 7.93. The quantitative estimate of drug-likeness (QED) is 0.392. The molecule has 0 heterocycles. The van der Waals surface area contributed by atoms with Crippen molar-refractivity contribution in [1.29, 1.82) is 0 Å². The Balaban J connectivity index is 0.00000288. The molecule has 0 saturated carbocycles. The Morgan fingerprint density at radius 3 is 2.46 bits per heavy atom. The van der Waals surface area contributed by atoms with Crippen LogP contribution in [0.3, 0.4) is 0 Å². The molecular formula is C19H26IN3O. The third-order valence-corrected chi connectivity index (χ3v) is 3.42. The van der Waals surface area contributed by atoms with E-state index < -0.39 is 0 Å². The SMILES string of the molecule is CC(CN=C(N)Nc1cccc(C(C)C)c1)Oc1ccccc1.I. The number of para-hydroxylation sites is 1. The summed E-state index contributed by atoms with van der Waals surface area (Å²) < 4.78 is 5.78. The van der Waals surface area contributed by atoms with Crippen LogP contribution in [0.5, 0.6) is 5.75 Å². The minimum atomic E-state index is -0.0419. The van der Waals surface area contributed by atoms with E-state index in [0.717, 1.165) is 11.4 Å². The summed E-state index contributed by atoms with van der Waals surface area (Å²) in [7, 11) is 0. The predicted molar refractivity (Wildman–Crippen MR) is 113 cm³/mol. The molecule has 2 aromatic rings. The van der Waals surface area contributed by atoms with Gasteiger partial charge in [0, 0.05) is 5.69 Å². The van der Waals surface area contributed by atoms with Crippen LogP contribution in [0.4, 0.5) is 5.69 Å². The smallest absolute Gasteiger partial charge is 0.193 e. The van der Waals surface area contributed by atoms with Crippen molar-refractivity contribution in [2.75, 3.05) is 11.9 Å². The predicted octanol–water partition coefficient (Wildman–Crippen LogP) is 4.62. The standard InChI is InChI=1S/C19H25N3O.HI/c1-14(2)16-8-7-9-17(12-16)22-19(20)21-13-15(3)23-18-10-5-4-6-11-18;/h4-12,14-15H,13H2,1-3H3,(H3,20,21,22);1H. The van der Waals surface area contributed by atoms with E-state index in [1.54, 1.807) is 0 Å². The van der Waals surface area contributed by atoms with Crippen molar-refractivity contribution in [2.24, 2.45) is 10.7 Å². The van der Waals surface area contributed by atoms with Crippen molar-refractivity contribution in [3.63, 3.8) is 0 Å². The molecule has 130 valence electrons. The summed E-state index contributed by atoms with van der Waals surface area (Å²) in [5.74, 6) is 1.72. The molecule has 0 bridgehead atoms. The van der Waals surface area contributed by atoms with Gasteiger partial charge in [0.15, 0.2) is 5.96 Å². The Labute approximate surface area is 161 Å². The van der Waals surface area contributed by atoms with Crippen molar-refractivity contribution in [1.82, 2.24) is 0 Å². The zero-order valence-corrected chi connectivity index (χ0v) is 16.7. The molecule has 5 heteroatoms. The van der Waals surface area contributed by atoms with Crippen LogP contribution in [-0.2, 0) is 0 Å². The number of nitrogens with one attached hydrogen (secondary N) is 1. The Morgan fingerprint density at radius 2 is 1.79 bits per heavy atom. The fraction of sp³-hybridized carbons (Fsp3) is 0.316. The average Bonchev–Trinajstić information content (AvgIpc) is 2.54. The number of hydrogen-bond donors (Lipinski definition) is 2. The maximum Gasteiger partial charge on any atom is 0.193 e. The number of anilines is 1. The molecule has 2 aromatic carbocycles. The van der Waals surface area contributed by atoms with Crippen LogP contribution in [0, 0.1) is 0 Å². The largest absolute Gasteiger partial charge is 0.489 e. The van der Waals surface area contributed by atoms with E-state index in [4.69, 9.17) is 10.5 Å². The molecule has 0 spiro atoms. The number of aliphatic imine (C=N–C) groups is 1. The van der Waals surface area contributed by atoms with Crippen LogP contribution < -0.4 is 15.8 Å². The fourth-order valence-electron chi connectivity index (χ4n) is 2.16. The van der Waals surface area contributed by atoms with Crippen LogP contribution in [0.2, 0.25) is 0 Å². The lowest BCUT2D eigenvalue weighted by Gasteiger charge is -2.13. The first-order valence-electron chi connectivity index (χ1n) is 7.93. The number of nitrogens with two attached hydrogens (primary N) is 1. The molecule has 0 aliphatic carbocycles. The fourth-order valence-corrected chi connectivity index (χ4v) is 2.16. The van der Waals surface area contributed by atoms with Gasteiger partial charge in [-0.1, -0.05) is 44.2 Å². The lowest BCUT2D eigenvalue weighted by Crippen LogP contribution is -2.25. The molecule has 0 aliphatic heterocycles. The van der Waals surface area contributed by atoms with E-state index >= 15 is 0 Å². The number of ether oxygens (including phenoxy) is 1. The van der Waals surface area contributed by atoms with Crippen LogP contribution in [0.25, 0.3) is 0 Å². The topological polar surface area (TPSA) is 59.6 Å². The van der Waals surface area contributed by atoms with Crippen LogP contribution >= 0.6 is 24.0 Å². The van der Waals surface area contributed by atoms with Crippen molar-refractivity contribution in [3.05, 3.63) is 60.2 Å². The number of rotatable bonds is 6. The number of hydrogen-bond acceptors (Lipinski definition) is 2. The van der Waals surface area contributed by atoms with E-state index in [9.17, 15) is 0 Å². The van der Waals surface area contributed by atoms with E-state index in [1.165, 1.54) is 5.56 Å². The lowest BCUT2D eigenvalue weighted by atomic mass is 10.0. The number of nitrogens with zero attached hydrogens (tertiary/aromatic N) is 1. The molecule has 0 aliphatic rings. The lowest BCUT2D eigenvalue weighted by molar-refractivity contribution is 0.230. The number of halogens is 1. The minimum absolute atomic E-state index is 0. The summed E-state index contributed by atoms with van der Waals surface area (Å²) in [4.78, 5) is 4.35. The molecule has 0 radical (unpaired) electrons. The van der Waals surface area contributed by atoms with Crippen molar-refractivity contribution in [2.45, 2.75) is 32.8 Å². The molecule has 24 heavy (non-hydrogen) atoms. The molecule has 0 fully saturated rings. The van der Waals surface area contributed by atoms with Crippen LogP contribution in [0.15, 0.2) is 59.6 Å². The van der Waals surface area contributed by atoms with Gasteiger partial charge in [-0.3, -0.25) is 0 Å². The molecule has 1 atom stereocenters. The van der Waals surface area contributed by atoms with Gasteiger partial charge in [0.1, 0.15) is 11.9 Å². The second-order valence-electron chi connectivity index (χ2n) is 5.87. The van der Waals surface area contributed by atoms with Gasteiger partial charge in [0.05, 0.1) is 6.54 Å². The van der Waals surface area contributed by atoms with Gasteiger partial charge < -0.3 is 15.8 Å². The van der Waals surface area contributed by atoms with Gasteiger partial charge in [-0.15, -0.1) is 24.0 Å². The zero-order valence-electron chi connectivity index (χ0n) is 14.4. The second kappa shape index (κ2) is 10.2. The second-order valence-corrected chi connectivity index (χ2v) is 5.87. The first-order chi connectivity index (χ1) is 11.0. The molecule has 0 saturated heterocycles. The highest BCUT2D eigenvalue weighted by atomic mass is 127. The molecule has 2 rings (SSSR count). The highest BCUT2D eigenvalue weighted by Crippen LogP contribution is 2.18. The highest BCUT2D eigenvalue weighted by Gasteiger charge is 2.04. The molecule has 0 aromatic heterocycles. The summed E-state index contributed by atoms with van der Waals surface area (Å²) in [6.07, 6.45) is -0.0419. The monoisotopic (exact) mass is 439 g/mol. The number of guanidine groups is 1. The minimum Gasteiger partial charge on any atom is -0.489 e. The van der Waals surface area contributed by atoms with Crippen molar-refractivity contribution >= 4 is 35.6 Å². The third-order valence-electron chi connectivity index (χ3n) is 3.42.